The van der Waals surface area contributed by atoms with Crippen molar-refractivity contribution in [3.05, 3.63) is 35.4 Å². The molecular formula is C10H10F3NO. The average Bonchev–Trinajstić information content (AvgIpc) is 2.22. The number of hydrogen-bond acceptors (Lipinski definition) is 2. The standard InChI is InChI=1S/C10H10F3NO/c1-2-6-14-15-10(13)7-4-3-5-8(11)9(7)12/h3-6,10H,2H2,1H3. The summed E-state index contributed by atoms with van der Waals surface area (Å²) < 4.78 is 38.9. The summed E-state index contributed by atoms with van der Waals surface area (Å²) in [4.78, 5) is 4.30. The second-order valence-corrected chi connectivity index (χ2v) is 2.76. The van der Waals surface area contributed by atoms with E-state index in [0.717, 1.165) is 12.1 Å². The van der Waals surface area contributed by atoms with Gasteiger partial charge >= 0.3 is 0 Å². The van der Waals surface area contributed by atoms with E-state index in [1.807, 2.05) is 0 Å². The normalized spacial score (nSPS) is 13.1. The molecule has 0 bridgehead atoms. The van der Waals surface area contributed by atoms with Crippen LogP contribution in [0.25, 0.3) is 0 Å². The van der Waals surface area contributed by atoms with E-state index in [1.54, 1.807) is 6.92 Å². The summed E-state index contributed by atoms with van der Waals surface area (Å²) in [6.07, 6.45) is -0.203. The van der Waals surface area contributed by atoms with Crippen molar-refractivity contribution >= 4 is 6.21 Å². The largest absolute Gasteiger partial charge is 0.354 e. The van der Waals surface area contributed by atoms with Crippen molar-refractivity contribution in [2.24, 2.45) is 5.16 Å². The van der Waals surface area contributed by atoms with Gasteiger partial charge in [-0.2, -0.15) is 4.39 Å². The van der Waals surface area contributed by atoms with Gasteiger partial charge in [-0.25, -0.2) is 8.78 Å². The lowest BCUT2D eigenvalue weighted by Gasteiger charge is -2.07. The fraction of sp³-hybridized carbons (Fsp3) is 0.300. The van der Waals surface area contributed by atoms with E-state index in [9.17, 15) is 13.2 Å². The lowest BCUT2D eigenvalue weighted by molar-refractivity contribution is -0.0406. The highest BCUT2D eigenvalue weighted by molar-refractivity contribution is 5.55. The van der Waals surface area contributed by atoms with Crippen LogP contribution in [0.4, 0.5) is 13.2 Å². The Morgan fingerprint density at radius 3 is 2.87 bits per heavy atom. The minimum absolute atomic E-state index is 0.497. The first kappa shape index (κ1) is 11.6. The molecule has 0 aliphatic heterocycles. The van der Waals surface area contributed by atoms with Gasteiger partial charge in [-0.3, -0.25) is 0 Å². The van der Waals surface area contributed by atoms with Crippen LogP contribution in [0.5, 0.6) is 0 Å². The van der Waals surface area contributed by atoms with Crippen LogP contribution in [0.15, 0.2) is 23.4 Å². The maximum Gasteiger partial charge on any atom is 0.292 e. The summed E-state index contributed by atoms with van der Waals surface area (Å²) in [6, 6.07) is 3.21. The van der Waals surface area contributed by atoms with Crippen LogP contribution in [0, 0.1) is 11.6 Å². The van der Waals surface area contributed by atoms with Gasteiger partial charge in [0.15, 0.2) is 11.6 Å². The molecule has 15 heavy (non-hydrogen) atoms. The molecule has 1 rings (SSSR count). The van der Waals surface area contributed by atoms with E-state index in [1.165, 1.54) is 12.3 Å². The molecule has 0 aliphatic rings. The van der Waals surface area contributed by atoms with Gasteiger partial charge in [0.25, 0.3) is 6.36 Å². The van der Waals surface area contributed by atoms with E-state index in [4.69, 9.17) is 0 Å². The third kappa shape index (κ3) is 2.97. The monoisotopic (exact) mass is 217 g/mol. The number of rotatable bonds is 4. The summed E-state index contributed by atoms with van der Waals surface area (Å²) in [7, 11) is 0. The van der Waals surface area contributed by atoms with Gasteiger partial charge in [-0.1, -0.05) is 18.1 Å². The molecule has 1 aromatic rings. The maximum atomic E-state index is 13.2. The lowest BCUT2D eigenvalue weighted by Crippen LogP contribution is -1.99. The van der Waals surface area contributed by atoms with Crippen molar-refractivity contribution < 1.29 is 18.0 Å². The summed E-state index contributed by atoms with van der Waals surface area (Å²) >= 11 is 0. The molecule has 0 radical (unpaired) electrons. The second kappa shape index (κ2) is 5.38. The number of benzene rings is 1. The smallest absolute Gasteiger partial charge is 0.292 e. The zero-order chi connectivity index (χ0) is 11.3. The van der Waals surface area contributed by atoms with E-state index in [0.29, 0.717) is 6.42 Å². The van der Waals surface area contributed by atoms with E-state index >= 15 is 0 Å². The second-order valence-electron chi connectivity index (χ2n) is 2.76. The summed E-state index contributed by atoms with van der Waals surface area (Å²) in [6.45, 7) is 1.78. The number of hydrogen-bond donors (Lipinski definition) is 0. The summed E-state index contributed by atoms with van der Waals surface area (Å²) in [5.74, 6) is -2.37. The Hall–Kier alpha value is -1.52. The third-order valence-electron chi connectivity index (χ3n) is 1.64. The molecule has 0 saturated carbocycles. The predicted molar refractivity (Wildman–Crippen MR) is 50.1 cm³/mol. The van der Waals surface area contributed by atoms with Crippen LogP contribution in [0.3, 0.4) is 0 Å². The Labute approximate surface area is 85.4 Å². The Balaban J connectivity index is 2.77. The lowest BCUT2D eigenvalue weighted by atomic mass is 10.2. The zero-order valence-corrected chi connectivity index (χ0v) is 8.08. The van der Waals surface area contributed by atoms with Crippen molar-refractivity contribution in [2.45, 2.75) is 19.7 Å². The van der Waals surface area contributed by atoms with Gasteiger partial charge in [-0.05, 0) is 18.6 Å². The van der Waals surface area contributed by atoms with Crippen LogP contribution in [-0.4, -0.2) is 6.21 Å². The molecule has 0 aromatic heterocycles. The molecule has 2 nitrogen and oxygen atoms in total. The van der Waals surface area contributed by atoms with Crippen LogP contribution in [0.2, 0.25) is 0 Å². The Morgan fingerprint density at radius 2 is 2.20 bits per heavy atom. The number of halogens is 3. The predicted octanol–water partition coefficient (Wildman–Crippen LogP) is 3.35. The van der Waals surface area contributed by atoms with E-state index in [2.05, 4.69) is 9.99 Å². The first-order chi connectivity index (χ1) is 7.16. The summed E-state index contributed by atoms with van der Waals surface area (Å²) in [5, 5.41) is 3.25. The fourth-order valence-corrected chi connectivity index (χ4v) is 0.924. The highest BCUT2D eigenvalue weighted by atomic mass is 19.2. The Morgan fingerprint density at radius 1 is 1.47 bits per heavy atom. The number of oxime groups is 1. The molecule has 0 amide bonds. The molecule has 1 unspecified atom stereocenters. The van der Waals surface area contributed by atoms with Gasteiger partial charge in [-0.15, -0.1) is 0 Å². The van der Waals surface area contributed by atoms with Gasteiger partial charge in [0.1, 0.15) is 0 Å². The van der Waals surface area contributed by atoms with Crippen molar-refractivity contribution in [3.8, 4) is 0 Å². The van der Waals surface area contributed by atoms with Gasteiger partial charge in [0, 0.05) is 6.21 Å². The highest BCUT2D eigenvalue weighted by Gasteiger charge is 2.18. The molecule has 0 saturated heterocycles. The molecule has 1 aromatic carbocycles. The van der Waals surface area contributed by atoms with Gasteiger partial charge in [0.2, 0.25) is 0 Å². The van der Waals surface area contributed by atoms with Crippen molar-refractivity contribution in [3.63, 3.8) is 0 Å². The maximum absolute atomic E-state index is 13.2. The molecule has 0 N–H and O–H groups in total. The average molecular weight is 217 g/mol. The first-order valence-corrected chi connectivity index (χ1v) is 4.42. The topological polar surface area (TPSA) is 21.6 Å². The Bertz CT molecular complexity index is 355. The quantitative estimate of drug-likeness (QED) is 0.559. The van der Waals surface area contributed by atoms with Crippen LogP contribution < -0.4 is 0 Å². The van der Waals surface area contributed by atoms with Crippen molar-refractivity contribution in [1.82, 2.24) is 0 Å². The zero-order valence-electron chi connectivity index (χ0n) is 8.08. The molecular weight excluding hydrogens is 207 g/mol. The molecule has 5 heteroatoms. The SMILES string of the molecule is CCC=NOC(F)c1cccc(F)c1F. The van der Waals surface area contributed by atoms with Gasteiger partial charge in [0.05, 0.1) is 5.56 Å². The molecule has 82 valence electrons. The molecule has 0 aliphatic carbocycles. The highest BCUT2D eigenvalue weighted by Crippen LogP contribution is 2.23. The molecule has 0 spiro atoms. The van der Waals surface area contributed by atoms with Crippen molar-refractivity contribution in [1.29, 1.82) is 0 Å². The minimum atomic E-state index is -2.09. The van der Waals surface area contributed by atoms with Crippen LogP contribution in [-0.2, 0) is 4.84 Å². The molecule has 0 fully saturated rings. The fourth-order valence-electron chi connectivity index (χ4n) is 0.924. The van der Waals surface area contributed by atoms with Crippen LogP contribution >= 0.6 is 0 Å². The van der Waals surface area contributed by atoms with Crippen LogP contribution in [0.1, 0.15) is 25.3 Å². The van der Waals surface area contributed by atoms with Gasteiger partial charge < -0.3 is 4.84 Å². The van der Waals surface area contributed by atoms with E-state index < -0.39 is 23.6 Å². The molecule has 0 heterocycles. The Kier molecular flexibility index (Phi) is 4.15. The number of alkyl halides is 1. The van der Waals surface area contributed by atoms with E-state index in [-0.39, 0.29) is 0 Å². The minimum Gasteiger partial charge on any atom is -0.354 e. The third-order valence-corrected chi connectivity index (χ3v) is 1.64. The van der Waals surface area contributed by atoms with Crippen molar-refractivity contribution in [2.75, 3.05) is 0 Å². The molecule has 1 atom stereocenters. The first-order valence-electron chi connectivity index (χ1n) is 4.42. The summed E-state index contributed by atoms with van der Waals surface area (Å²) in [5.41, 5.74) is -0.497. The number of nitrogens with zero attached hydrogens (tertiary/aromatic N) is 1.